The van der Waals surface area contributed by atoms with Crippen molar-refractivity contribution >= 4 is 16.9 Å². The first-order chi connectivity index (χ1) is 15.6. The van der Waals surface area contributed by atoms with E-state index in [1.54, 1.807) is 0 Å². The van der Waals surface area contributed by atoms with Gasteiger partial charge in [0.2, 0.25) is 5.91 Å². The van der Waals surface area contributed by atoms with Gasteiger partial charge in [0.1, 0.15) is 18.2 Å². The number of fused-ring (bicyclic) bond motifs is 1. The van der Waals surface area contributed by atoms with E-state index in [2.05, 4.69) is 35.0 Å². The van der Waals surface area contributed by atoms with Crippen molar-refractivity contribution in [3.63, 3.8) is 0 Å². The smallest absolute Gasteiger partial charge is 0.224 e. The highest BCUT2D eigenvalue weighted by molar-refractivity contribution is 5.79. The molecule has 0 saturated carbocycles. The van der Waals surface area contributed by atoms with Gasteiger partial charge in [0.15, 0.2) is 0 Å². The molecule has 32 heavy (non-hydrogen) atoms. The van der Waals surface area contributed by atoms with Crippen LogP contribution < -0.4 is 10.1 Å². The molecule has 0 radical (unpaired) electrons. The summed E-state index contributed by atoms with van der Waals surface area (Å²) in [7, 11) is 0. The minimum Gasteiger partial charge on any atom is -0.492 e. The van der Waals surface area contributed by atoms with E-state index in [-0.39, 0.29) is 11.9 Å². The molecule has 5 heteroatoms. The van der Waals surface area contributed by atoms with Crippen LogP contribution in [0.1, 0.15) is 36.8 Å². The Morgan fingerprint density at radius 1 is 0.969 bits per heavy atom. The van der Waals surface area contributed by atoms with Gasteiger partial charge in [0, 0.05) is 0 Å². The number of benzene rings is 3. The van der Waals surface area contributed by atoms with Gasteiger partial charge in [-0.2, -0.15) is 0 Å². The molecule has 1 amide bonds. The summed E-state index contributed by atoms with van der Waals surface area (Å²) >= 11 is 0. The summed E-state index contributed by atoms with van der Waals surface area (Å²) in [5.41, 5.74) is 4.24. The number of rotatable bonds is 9. The van der Waals surface area contributed by atoms with Gasteiger partial charge < -0.3 is 14.6 Å². The number of imidazole rings is 1. The van der Waals surface area contributed by atoms with E-state index in [4.69, 9.17) is 9.72 Å². The molecule has 1 heterocycles. The molecular formula is C27H29N3O2. The molecule has 164 valence electrons. The molecule has 4 rings (SSSR count). The highest BCUT2D eigenvalue weighted by Crippen LogP contribution is 2.21. The van der Waals surface area contributed by atoms with Gasteiger partial charge in [-0.15, -0.1) is 0 Å². The fourth-order valence-corrected chi connectivity index (χ4v) is 3.87. The Morgan fingerprint density at radius 3 is 2.44 bits per heavy atom. The van der Waals surface area contributed by atoms with E-state index in [0.717, 1.165) is 34.6 Å². The molecule has 1 aromatic heterocycles. The normalized spacial score (nSPS) is 11.9. The standard InChI is InChI=1S/C27H29N3O2/c1-3-21-13-15-23(16-14-21)32-18-17-30-25-12-8-7-11-24(25)29-27(30)20(2)28-26(31)19-22-9-5-4-6-10-22/h4-16,20H,3,17-19H2,1-2H3,(H,28,31). The summed E-state index contributed by atoms with van der Waals surface area (Å²) in [5, 5.41) is 3.10. The molecule has 0 saturated heterocycles. The molecule has 3 aromatic carbocycles. The Labute approximate surface area is 189 Å². The Balaban J connectivity index is 1.47. The quantitative estimate of drug-likeness (QED) is 0.404. The third kappa shape index (κ3) is 5.17. The first-order valence-corrected chi connectivity index (χ1v) is 11.1. The number of carbonyl (C=O) groups is 1. The second kappa shape index (κ2) is 10.1. The Morgan fingerprint density at radius 2 is 1.69 bits per heavy atom. The van der Waals surface area contributed by atoms with Crippen molar-refractivity contribution in [1.82, 2.24) is 14.9 Å². The fraction of sp³-hybridized carbons (Fsp3) is 0.259. The molecule has 0 fully saturated rings. The van der Waals surface area contributed by atoms with E-state index < -0.39 is 0 Å². The predicted octanol–water partition coefficient (Wildman–Crippen LogP) is 5.10. The summed E-state index contributed by atoms with van der Waals surface area (Å²) in [6.07, 6.45) is 1.36. The molecule has 1 unspecified atom stereocenters. The third-order valence-electron chi connectivity index (χ3n) is 5.57. The summed E-state index contributed by atoms with van der Waals surface area (Å²) in [6.45, 7) is 5.28. The van der Waals surface area contributed by atoms with Gasteiger partial charge >= 0.3 is 0 Å². The molecule has 0 aliphatic heterocycles. The highest BCUT2D eigenvalue weighted by atomic mass is 16.5. The Hall–Kier alpha value is -3.60. The molecule has 4 aromatic rings. The van der Waals surface area contributed by atoms with Crippen LogP contribution in [0.5, 0.6) is 5.75 Å². The highest BCUT2D eigenvalue weighted by Gasteiger charge is 2.18. The van der Waals surface area contributed by atoms with Crippen LogP contribution >= 0.6 is 0 Å². The first kappa shape index (κ1) is 21.6. The van der Waals surface area contributed by atoms with E-state index >= 15 is 0 Å². The largest absolute Gasteiger partial charge is 0.492 e. The first-order valence-electron chi connectivity index (χ1n) is 11.1. The molecular weight excluding hydrogens is 398 g/mol. The maximum Gasteiger partial charge on any atom is 0.224 e. The monoisotopic (exact) mass is 427 g/mol. The SMILES string of the molecule is CCc1ccc(OCCn2c(C(C)NC(=O)Cc3ccccc3)nc3ccccc32)cc1. The van der Waals surface area contributed by atoms with Gasteiger partial charge in [-0.3, -0.25) is 4.79 Å². The molecule has 5 nitrogen and oxygen atoms in total. The second-order valence-corrected chi connectivity index (χ2v) is 7.91. The lowest BCUT2D eigenvalue weighted by molar-refractivity contribution is -0.121. The minimum atomic E-state index is -0.220. The van der Waals surface area contributed by atoms with Gasteiger partial charge in [-0.1, -0.05) is 61.5 Å². The van der Waals surface area contributed by atoms with Crippen molar-refractivity contribution in [1.29, 1.82) is 0 Å². The average molecular weight is 428 g/mol. The third-order valence-corrected chi connectivity index (χ3v) is 5.57. The van der Waals surface area contributed by atoms with Crippen molar-refractivity contribution in [3.8, 4) is 5.75 Å². The van der Waals surface area contributed by atoms with Crippen molar-refractivity contribution in [2.75, 3.05) is 6.61 Å². The number of hydrogen-bond donors (Lipinski definition) is 1. The van der Waals surface area contributed by atoms with Crippen molar-refractivity contribution in [2.45, 2.75) is 39.3 Å². The summed E-state index contributed by atoms with van der Waals surface area (Å²) in [6, 6.07) is 25.8. The number of nitrogens with zero attached hydrogens (tertiary/aromatic N) is 2. The van der Waals surface area contributed by atoms with Crippen molar-refractivity contribution in [2.24, 2.45) is 0 Å². The van der Waals surface area contributed by atoms with E-state index in [1.165, 1.54) is 5.56 Å². The Kier molecular flexibility index (Phi) is 6.85. The van der Waals surface area contributed by atoms with Gasteiger partial charge in [-0.05, 0) is 48.7 Å². The molecule has 1 atom stereocenters. The number of ether oxygens (including phenoxy) is 1. The van der Waals surface area contributed by atoms with Crippen LogP contribution in [0.2, 0.25) is 0 Å². The van der Waals surface area contributed by atoms with Gasteiger partial charge in [0.25, 0.3) is 0 Å². The van der Waals surface area contributed by atoms with Gasteiger partial charge in [-0.25, -0.2) is 4.98 Å². The van der Waals surface area contributed by atoms with Crippen LogP contribution in [-0.2, 0) is 24.2 Å². The zero-order valence-electron chi connectivity index (χ0n) is 18.6. The van der Waals surface area contributed by atoms with Crippen LogP contribution in [0.4, 0.5) is 0 Å². The minimum absolute atomic E-state index is 0.0189. The summed E-state index contributed by atoms with van der Waals surface area (Å²) in [5.74, 6) is 1.67. The topological polar surface area (TPSA) is 56.1 Å². The van der Waals surface area contributed by atoms with E-state index in [9.17, 15) is 4.79 Å². The average Bonchev–Trinajstić information content (AvgIpc) is 3.19. The lowest BCUT2D eigenvalue weighted by Crippen LogP contribution is -2.30. The summed E-state index contributed by atoms with van der Waals surface area (Å²) in [4.78, 5) is 17.4. The lowest BCUT2D eigenvalue weighted by Gasteiger charge is -2.17. The maximum atomic E-state index is 12.6. The lowest BCUT2D eigenvalue weighted by atomic mass is 10.1. The zero-order valence-corrected chi connectivity index (χ0v) is 18.6. The van der Waals surface area contributed by atoms with E-state index in [1.807, 2.05) is 67.6 Å². The molecule has 0 aliphatic rings. The molecule has 0 bridgehead atoms. The number of aromatic nitrogens is 2. The van der Waals surface area contributed by atoms with Gasteiger partial charge in [0.05, 0.1) is 30.0 Å². The van der Waals surface area contributed by atoms with Crippen LogP contribution in [0, 0.1) is 0 Å². The van der Waals surface area contributed by atoms with E-state index in [0.29, 0.717) is 19.6 Å². The predicted molar refractivity (Wildman–Crippen MR) is 128 cm³/mol. The van der Waals surface area contributed by atoms with Crippen molar-refractivity contribution < 1.29 is 9.53 Å². The Bertz CT molecular complexity index is 1170. The zero-order chi connectivity index (χ0) is 22.3. The number of aryl methyl sites for hydroxylation is 1. The fourth-order valence-electron chi connectivity index (χ4n) is 3.87. The van der Waals surface area contributed by atoms with Crippen LogP contribution in [0.3, 0.4) is 0 Å². The number of hydrogen-bond acceptors (Lipinski definition) is 3. The second-order valence-electron chi connectivity index (χ2n) is 7.91. The van der Waals surface area contributed by atoms with Crippen LogP contribution in [0.25, 0.3) is 11.0 Å². The number of para-hydroxylation sites is 2. The molecule has 1 N–H and O–H groups in total. The molecule has 0 spiro atoms. The number of nitrogens with one attached hydrogen (secondary N) is 1. The maximum absolute atomic E-state index is 12.6. The van der Waals surface area contributed by atoms with Crippen molar-refractivity contribution in [3.05, 3.63) is 95.8 Å². The van der Waals surface area contributed by atoms with Crippen LogP contribution in [-0.4, -0.2) is 22.1 Å². The van der Waals surface area contributed by atoms with Crippen LogP contribution in [0.15, 0.2) is 78.9 Å². The summed E-state index contributed by atoms with van der Waals surface area (Å²) < 4.78 is 8.13. The number of carbonyl (C=O) groups excluding carboxylic acids is 1. The molecule has 0 aliphatic carbocycles. The number of amides is 1.